The van der Waals surface area contributed by atoms with Gasteiger partial charge in [-0.25, -0.2) is 0 Å². The number of carbonyl (C=O) groups excluding carboxylic acids is 1. The third-order valence-electron chi connectivity index (χ3n) is 1.98. The molecule has 0 rings (SSSR count). The summed E-state index contributed by atoms with van der Waals surface area (Å²) in [4.78, 5) is 20.7. The average molecular weight is 187 g/mol. The third kappa shape index (κ3) is 7.31. The first-order valence-electron chi connectivity index (χ1n) is 4.55. The number of carbonyl (C=O) groups is 2. The molecule has 0 fully saturated rings. The van der Waals surface area contributed by atoms with Gasteiger partial charge in [0.05, 0.1) is 5.92 Å². The molecule has 0 spiro atoms. The smallest absolute Gasteiger partial charge is 0.306 e. The van der Waals surface area contributed by atoms with Gasteiger partial charge in [0.2, 0.25) is 5.91 Å². The summed E-state index contributed by atoms with van der Waals surface area (Å²) < 4.78 is 0. The molecule has 0 aromatic heterocycles. The average Bonchev–Trinajstić information content (AvgIpc) is 2.02. The largest absolute Gasteiger partial charge is 0.481 e. The molecule has 0 aliphatic rings. The second-order valence-electron chi connectivity index (χ2n) is 3.30. The maximum absolute atomic E-state index is 10.4. The Labute approximate surface area is 78.1 Å². The van der Waals surface area contributed by atoms with Crippen LogP contribution in [0.4, 0.5) is 0 Å². The van der Waals surface area contributed by atoms with Crippen LogP contribution in [0.5, 0.6) is 0 Å². The maximum Gasteiger partial charge on any atom is 0.306 e. The zero-order valence-electron chi connectivity index (χ0n) is 7.95. The van der Waals surface area contributed by atoms with Gasteiger partial charge in [0, 0.05) is 6.42 Å². The number of nitrogens with two attached hydrogens (primary N) is 1. The molecule has 3 N–H and O–H groups in total. The van der Waals surface area contributed by atoms with Crippen LogP contribution in [-0.4, -0.2) is 17.0 Å². The first kappa shape index (κ1) is 11.9. The molecule has 0 bridgehead atoms. The van der Waals surface area contributed by atoms with E-state index in [2.05, 4.69) is 0 Å². The van der Waals surface area contributed by atoms with Gasteiger partial charge in [-0.15, -0.1) is 0 Å². The van der Waals surface area contributed by atoms with Gasteiger partial charge >= 0.3 is 5.97 Å². The Morgan fingerprint density at radius 3 is 2.38 bits per heavy atom. The van der Waals surface area contributed by atoms with Crippen molar-refractivity contribution in [2.45, 2.75) is 39.0 Å². The van der Waals surface area contributed by atoms with E-state index in [0.717, 1.165) is 19.3 Å². The van der Waals surface area contributed by atoms with Crippen LogP contribution >= 0.6 is 0 Å². The summed E-state index contributed by atoms with van der Waals surface area (Å²) >= 11 is 0. The fourth-order valence-corrected chi connectivity index (χ4v) is 1.05. The highest BCUT2D eigenvalue weighted by atomic mass is 16.4. The molecule has 0 aromatic rings. The zero-order valence-corrected chi connectivity index (χ0v) is 7.95. The Balaban J connectivity index is 3.26. The third-order valence-corrected chi connectivity index (χ3v) is 1.98. The predicted molar refractivity (Wildman–Crippen MR) is 49.1 cm³/mol. The van der Waals surface area contributed by atoms with E-state index in [0.29, 0.717) is 12.8 Å². The normalized spacial score (nSPS) is 12.4. The number of hydrogen-bond acceptors (Lipinski definition) is 2. The predicted octanol–water partition coefficient (Wildman–Crippen LogP) is 1.14. The quantitative estimate of drug-likeness (QED) is 0.586. The van der Waals surface area contributed by atoms with Gasteiger partial charge in [0.25, 0.3) is 0 Å². The van der Waals surface area contributed by atoms with Crippen molar-refractivity contribution in [2.24, 2.45) is 11.7 Å². The van der Waals surface area contributed by atoms with E-state index >= 15 is 0 Å². The van der Waals surface area contributed by atoms with Crippen molar-refractivity contribution < 1.29 is 14.7 Å². The number of amides is 1. The number of aliphatic carboxylic acids is 1. The molecule has 1 amide bonds. The first-order chi connectivity index (χ1) is 6.04. The molecule has 0 saturated heterocycles. The van der Waals surface area contributed by atoms with Gasteiger partial charge in [-0.3, -0.25) is 9.59 Å². The molecule has 0 aromatic carbocycles. The lowest BCUT2D eigenvalue weighted by atomic mass is 10.0. The van der Waals surface area contributed by atoms with Crippen LogP contribution in [0, 0.1) is 5.92 Å². The molecule has 76 valence electrons. The van der Waals surface area contributed by atoms with E-state index in [1.54, 1.807) is 6.92 Å². The van der Waals surface area contributed by atoms with Crippen LogP contribution in [-0.2, 0) is 9.59 Å². The Bertz CT molecular complexity index is 180. The lowest BCUT2D eigenvalue weighted by molar-refractivity contribution is -0.141. The van der Waals surface area contributed by atoms with Crippen molar-refractivity contribution in [3.63, 3.8) is 0 Å². The summed E-state index contributed by atoms with van der Waals surface area (Å²) in [6, 6.07) is 0. The van der Waals surface area contributed by atoms with Crippen molar-refractivity contribution >= 4 is 11.9 Å². The van der Waals surface area contributed by atoms with E-state index in [1.807, 2.05) is 0 Å². The van der Waals surface area contributed by atoms with Gasteiger partial charge in [-0.1, -0.05) is 19.8 Å². The fourth-order valence-electron chi connectivity index (χ4n) is 1.05. The summed E-state index contributed by atoms with van der Waals surface area (Å²) in [5, 5.41) is 8.55. The molecule has 4 heteroatoms. The van der Waals surface area contributed by atoms with Crippen LogP contribution in [0.15, 0.2) is 0 Å². The molecule has 4 nitrogen and oxygen atoms in total. The van der Waals surface area contributed by atoms with Crippen LogP contribution in [0.2, 0.25) is 0 Å². The van der Waals surface area contributed by atoms with Crippen molar-refractivity contribution in [3.05, 3.63) is 0 Å². The second kappa shape index (κ2) is 6.46. The maximum atomic E-state index is 10.4. The second-order valence-corrected chi connectivity index (χ2v) is 3.30. The molecule has 1 unspecified atom stereocenters. The van der Waals surface area contributed by atoms with Gasteiger partial charge in [0.1, 0.15) is 0 Å². The molecule has 1 atom stereocenters. The standard InChI is InChI=1S/C9H17NO3/c1-7(9(12)13)5-3-2-4-6-8(10)11/h7H,2-6H2,1H3,(H2,10,11)(H,12,13). The highest BCUT2D eigenvalue weighted by Crippen LogP contribution is 2.10. The van der Waals surface area contributed by atoms with Crippen LogP contribution in [0.1, 0.15) is 39.0 Å². The number of hydrogen-bond donors (Lipinski definition) is 2. The Kier molecular flexibility index (Phi) is 5.93. The molecule has 0 aliphatic carbocycles. The number of primary amides is 1. The summed E-state index contributed by atoms with van der Waals surface area (Å²) in [5.41, 5.74) is 4.95. The summed E-state index contributed by atoms with van der Waals surface area (Å²) in [5.74, 6) is -1.32. The van der Waals surface area contributed by atoms with Crippen molar-refractivity contribution in [1.82, 2.24) is 0 Å². The topological polar surface area (TPSA) is 80.4 Å². The monoisotopic (exact) mass is 187 g/mol. The van der Waals surface area contributed by atoms with Crippen LogP contribution in [0.25, 0.3) is 0 Å². The van der Waals surface area contributed by atoms with E-state index in [9.17, 15) is 9.59 Å². The zero-order chi connectivity index (χ0) is 10.3. The number of unbranched alkanes of at least 4 members (excludes halogenated alkanes) is 2. The van der Waals surface area contributed by atoms with Gasteiger partial charge in [0.15, 0.2) is 0 Å². The van der Waals surface area contributed by atoms with Gasteiger partial charge in [-0.2, -0.15) is 0 Å². The van der Waals surface area contributed by atoms with Crippen molar-refractivity contribution in [1.29, 1.82) is 0 Å². The summed E-state index contributed by atoms with van der Waals surface area (Å²) in [7, 11) is 0. The first-order valence-corrected chi connectivity index (χ1v) is 4.55. The number of carboxylic acids is 1. The van der Waals surface area contributed by atoms with Gasteiger partial charge < -0.3 is 10.8 Å². The van der Waals surface area contributed by atoms with E-state index in [4.69, 9.17) is 10.8 Å². The lowest BCUT2D eigenvalue weighted by Gasteiger charge is -2.04. The number of carboxylic acid groups (broad SMARTS) is 1. The molecule has 0 saturated carbocycles. The Morgan fingerprint density at radius 2 is 1.92 bits per heavy atom. The minimum absolute atomic E-state index is 0.284. The molecular weight excluding hydrogens is 170 g/mol. The minimum atomic E-state index is -0.755. The number of rotatable bonds is 7. The molecule has 13 heavy (non-hydrogen) atoms. The van der Waals surface area contributed by atoms with E-state index in [1.165, 1.54) is 0 Å². The van der Waals surface area contributed by atoms with Crippen LogP contribution < -0.4 is 5.73 Å². The fraction of sp³-hybridized carbons (Fsp3) is 0.778. The molecule has 0 heterocycles. The van der Waals surface area contributed by atoms with Gasteiger partial charge in [-0.05, 0) is 12.8 Å². The lowest BCUT2D eigenvalue weighted by Crippen LogP contribution is -2.10. The van der Waals surface area contributed by atoms with Crippen LogP contribution in [0.3, 0.4) is 0 Å². The van der Waals surface area contributed by atoms with Crippen molar-refractivity contribution in [3.8, 4) is 0 Å². The highest BCUT2D eigenvalue weighted by Gasteiger charge is 2.09. The molecule has 0 radical (unpaired) electrons. The minimum Gasteiger partial charge on any atom is -0.481 e. The molecular formula is C9H17NO3. The highest BCUT2D eigenvalue weighted by molar-refractivity contribution is 5.73. The SMILES string of the molecule is CC(CCCCCC(N)=O)C(=O)O. The van der Waals surface area contributed by atoms with E-state index in [-0.39, 0.29) is 11.8 Å². The molecule has 0 aliphatic heterocycles. The summed E-state index contributed by atoms with van der Waals surface area (Å²) in [6.45, 7) is 1.69. The summed E-state index contributed by atoms with van der Waals surface area (Å²) in [6.07, 6.45) is 3.57. The van der Waals surface area contributed by atoms with E-state index < -0.39 is 5.97 Å². The van der Waals surface area contributed by atoms with Crippen molar-refractivity contribution in [2.75, 3.05) is 0 Å². The Hall–Kier alpha value is -1.06. The Morgan fingerprint density at radius 1 is 1.31 bits per heavy atom.